The Hall–Kier alpha value is -0.980. The van der Waals surface area contributed by atoms with Crippen LogP contribution in [0.3, 0.4) is 0 Å². The van der Waals surface area contributed by atoms with Crippen LogP contribution in [0.25, 0.3) is 0 Å². The van der Waals surface area contributed by atoms with Gasteiger partial charge in [0.2, 0.25) is 0 Å². The summed E-state index contributed by atoms with van der Waals surface area (Å²) in [4.78, 5) is 4.49. The highest BCUT2D eigenvalue weighted by atomic mass is 127. The van der Waals surface area contributed by atoms with Crippen molar-refractivity contribution in [2.75, 3.05) is 0 Å². The smallest absolute Gasteiger partial charge is 0.189 e. The van der Waals surface area contributed by atoms with Gasteiger partial charge in [-0.3, -0.25) is 0 Å². The van der Waals surface area contributed by atoms with Crippen molar-refractivity contribution in [3.05, 3.63) is 29.8 Å². The third-order valence-corrected chi connectivity index (χ3v) is 3.96. The molecular formula is C18H30IN3O. The van der Waals surface area contributed by atoms with Crippen LogP contribution in [-0.4, -0.2) is 18.1 Å². The zero-order chi connectivity index (χ0) is 15.8. The molecule has 0 spiro atoms. The number of nitrogens with one attached hydrogen (secondary N) is 1. The van der Waals surface area contributed by atoms with E-state index in [4.69, 9.17) is 10.5 Å². The lowest BCUT2D eigenvalue weighted by molar-refractivity contribution is 0.240. The first-order valence-electron chi connectivity index (χ1n) is 8.46. The maximum atomic E-state index is 6.05. The third kappa shape index (κ3) is 7.42. The van der Waals surface area contributed by atoms with Crippen molar-refractivity contribution in [3.63, 3.8) is 0 Å². The Bertz CT molecular complexity index is 483. The van der Waals surface area contributed by atoms with Crippen molar-refractivity contribution in [2.24, 2.45) is 10.7 Å². The van der Waals surface area contributed by atoms with Crippen molar-refractivity contribution in [1.29, 1.82) is 0 Å². The number of ether oxygens (including phenoxy) is 1. The highest BCUT2D eigenvalue weighted by Crippen LogP contribution is 2.20. The van der Waals surface area contributed by atoms with E-state index in [1.807, 2.05) is 38.1 Å². The van der Waals surface area contributed by atoms with Crippen molar-refractivity contribution in [3.8, 4) is 5.75 Å². The zero-order valence-electron chi connectivity index (χ0n) is 14.3. The summed E-state index contributed by atoms with van der Waals surface area (Å²) in [5.74, 6) is 1.44. The molecule has 130 valence electrons. The molecule has 0 heterocycles. The zero-order valence-corrected chi connectivity index (χ0v) is 16.6. The molecule has 23 heavy (non-hydrogen) atoms. The first-order chi connectivity index (χ1) is 10.6. The lowest BCUT2D eigenvalue weighted by Gasteiger charge is -2.17. The van der Waals surface area contributed by atoms with E-state index in [-0.39, 0.29) is 30.1 Å². The van der Waals surface area contributed by atoms with E-state index in [2.05, 4.69) is 10.3 Å². The van der Waals surface area contributed by atoms with Crippen LogP contribution in [0, 0.1) is 0 Å². The Morgan fingerprint density at radius 3 is 2.52 bits per heavy atom. The fourth-order valence-corrected chi connectivity index (χ4v) is 2.85. The molecular weight excluding hydrogens is 401 g/mol. The number of halogens is 1. The van der Waals surface area contributed by atoms with Gasteiger partial charge < -0.3 is 15.8 Å². The van der Waals surface area contributed by atoms with E-state index in [1.165, 1.54) is 38.5 Å². The van der Waals surface area contributed by atoms with E-state index in [9.17, 15) is 0 Å². The second-order valence-electron chi connectivity index (χ2n) is 6.31. The summed E-state index contributed by atoms with van der Waals surface area (Å²) in [6, 6.07) is 8.50. The van der Waals surface area contributed by atoms with Crippen LogP contribution in [0.1, 0.15) is 57.9 Å². The van der Waals surface area contributed by atoms with Crippen LogP contribution in [0.2, 0.25) is 0 Å². The fourth-order valence-electron chi connectivity index (χ4n) is 2.85. The number of guanidine groups is 1. The normalized spacial score (nSPS) is 16.6. The van der Waals surface area contributed by atoms with Crippen molar-refractivity contribution >= 4 is 29.9 Å². The Kier molecular flexibility index (Phi) is 9.36. The van der Waals surface area contributed by atoms with Crippen molar-refractivity contribution in [2.45, 2.75) is 71.1 Å². The minimum Gasteiger partial charge on any atom is -0.491 e. The van der Waals surface area contributed by atoms with Gasteiger partial charge in [0.15, 0.2) is 5.96 Å². The highest BCUT2D eigenvalue weighted by molar-refractivity contribution is 14.0. The van der Waals surface area contributed by atoms with Crippen LogP contribution in [0.5, 0.6) is 5.75 Å². The minimum atomic E-state index is 0. The van der Waals surface area contributed by atoms with Crippen molar-refractivity contribution in [1.82, 2.24) is 5.32 Å². The lowest BCUT2D eigenvalue weighted by Crippen LogP contribution is -2.39. The first kappa shape index (κ1) is 20.1. The van der Waals surface area contributed by atoms with Gasteiger partial charge in [-0.25, -0.2) is 4.99 Å². The first-order valence-corrected chi connectivity index (χ1v) is 8.46. The van der Waals surface area contributed by atoms with Gasteiger partial charge in [0.05, 0.1) is 12.6 Å². The largest absolute Gasteiger partial charge is 0.491 e. The summed E-state index contributed by atoms with van der Waals surface area (Å²) in [6.45, 7) is 4.61. The maximum Gasteiger partial charge on any atom is 0.189 e. The molecule has 0 bridgehead atoms. The predicted octanol–water partition coefficient (Wildman–Crippen LogP) is 4.22. The molecule has 4 nitrogen and oxygen atoms in total. The second kappa shape index (κ2) is 10.7. The number of nitrogens with zero attached hydrogens (tertiary/aromatic N) is 1. The van der Waals surface area contributed by atoms with Crippen LogP contribution >= 0.6 is 24.0 Å². The molecule has 0 aliphatic heterocycles. The quantitative estimate of drug-likeness (QED) is 0.318. The number of hydrogen-bond donors (Lipinski definition) is 2. The Morgan fingerprint density at radius 2 is 1.87 bits per heavy atom. The summed E-state index contributed by atoms with van der Waals surface area (Å²) in [5, 5.41) is 3.38. The molecule has 1 saturated carbocycles. The molecule has 0 aromatic heterocycles. The van der Waals surface area contributed by atoms with E-state index in [1.54, 1.807) is 0 Å². The summed E-state index contributed by atoms with van der Waals surface area (Å²) in [7, 11) is 0. The molecule has 0 amide bonds. The monoisotopic (exact) mass is 431 g/mol. The number of benzene rings is 1. The molecule has 0 radical (unpaired) electrons. The standard InChI is InChI=1S/C18H29N3O.HI/c1-14(2)22-17-12-8-7-9-15(17)13-20-18(19)21-16-10-5-3-4-6-11-16;/h7-9,12,14,16H,3-6,10-11,13H2,1-2H3,(H3,19,20,21);1H. The molecule has 1 aliphatic rings. The molecule has 5 heteroatoms. The molecule has 1 aromatic rings. The number of rotatable bonds is 5. The molecule has 1 aromatic carbocycles. The SMILES string of the molecule is CC(C)Oc1ccccc1CN=C(N)NC1CCCCCC1.I. The van der Waals surface area contributed by atoms with Crippen molar-refractivity contribution < 1.29 is 4.74 Å². The minimum absolute atomic E-state index is 0. The van der Waals surface area contributed by atoms with Crippen LogP contribution in [-0.2, 0) is 6.54 Å². The van der Waals surface area contributed by atoms with Gasteiger partial charge in [-0.2, -0.15) is 0 Å². The Morgan fingerprint density at radius 1 is 1.22 bits per heavy atom. The summed E-state index contributed by atoms with van der Waals surface area (Å²) >= 11 is 0. The summed E-state index contributed by atoms with van der Waals surface area (Å²) < 4.78 is 5.81. The van der Waals surface area contributed by atoms with E-state index >= 15 is 0 Å². The molecule has 0 atom stereocenters. The Labute approximate surface area is 157 Å². The van der Waals surface area contributed by atoms with Gasteiger partial charge in [-0.15, -0.1) is 24.0 Å². The average Bonchev–Trinajstić information content (AvgIpc) is 2.74. The molecule has 3 N–H and O–H groups in total. The number of nitrogens with two attached hydrogens (primary N) is 1. The molecule has 1 aliphatic carbocycles. The number of aliphatic imine (C=N–C) groups is 1. The second-order valence-corrected chi connectivity index (χ2v) is 6.31. The molecule has 0 saturated heterocycles. The van der Waals surface area contributed by atoms with Crippen LogP contribution < -0.4 is 15.8 Å². The van der Waals surface area contributed by atoms with Crippen LogP contribution in [0.15, 0.2) is 29.3 Å². The van der Waals surface area contributed by atoms with E-state index in [0.717, 1.165) is 11.3 Å². The number of hydrogen-bond acceptors (Lipinski definition) is 2. The topological polar surface area (TPSA) is 59.6 Å². The molecule has 1 fully saturated rings. The highest BCUT2D eigenvalue weighted by Gasteiger charge is 2.12. The van der Waals surface area contributed by atoms with Gasteiger partial charge in [0.1, 0.15) is 5.75 Å². The van der Waals surface area contributed by atoms with E-state index < -0.39 is 0 Å². The van der Waals surface area contributed by atoms with Gasteiger partial charge in [-0.1, -0.05) is 43.9 Å². The van der Waals surface area contributed by atoms with Crippen LogP contribution in [0.4, 0.5) is 0 Å². The van der Waals surface area contributed by atoms with Gasteiger partial charge in [0.25, 0.3) is 0 Å². The average molecular weight is 431 g/mol. The molecule has 0 unspecified atom stereocenters. The summed E-state index contributed by atoms with van der Waals surface area (Å²) in [6.07, 6.45) is 7.81. The third-order valence-electron chi connectivity index (χ3n) is 3.96. The number of para-hydroxylation sites is 1. The Balaban J connectivity index is 0.00000264. The van der Waals surface area contributed by atoms with Gasteiger partial charge >= 0.3 is 0 Å². The predicted molar refractivity (Wildman–Crippen MR) is 108 cm³/mol. The fraction of sp³-hybridized carbons (Fsp3) is 0.611. The summed E-state index contributed by atoms with van der Waals surface area (Å²) in [5.41, 5.74) is 7.12. The van der Waals surface area contributed by atoms with Gasteiger partial charge in [-0.05, 0) is 32.8 Å². The van der Waals surface area contributed by atoms with E-state index in [0.29, 0.717) is 18.5 Å². The maximum absolute atomic E-state index is 6.05. The lowest BCUT2D eigenvalue weighted by atomic mass is 10.1. The molecule has 2 rings (SSSR count). The van der Waals surface area contributed by atoms with Gasteiger partial charge in [0, 0.05) is 11.6 Å².